The number of aryl methyl sites for hydroxylation is 1. The molecule has 1 rings (SSSR count). The molecule has 0 bridgehead atoms. The smallest absolute Gasteiger partial charge is 0.315 e. The van der Waals surface area contributed by atoms with Gasteiger partial charge in [-0.3, -0.25) is 4.79 Å². The zero-order valence-electron chi connectivity index (χ0n) is 11.1. The molecule has 0 saturated heterocycles. The topological polar surface area (TPSA) is 104 Å². The van der Waals surface area contributed by atoms with Gasteiger partial charge in [-0.25, -0.2) is 4.79 Å². The number of hydrogen-bond donors (Lipinski definition) is 3. The first-order valence-electron chi connectivity index (χ1n) is 6.15. The van der Waals surface area contributed by atoms with Gasteiger partial charge in [-0.15, -0.1) is 0 Å². The molecule has 0 aromatic carbocycles. The summed E-state index contributed by atoms with van der Waals surface area (Å²) >= 11 is 0. The van der Waals surface area contributed by atoms with Gasteiger partial charge in [0, 0.05) is 18.5 Å². The Bertz CT molecular complexity index is 430. The second-order valence-corrected chi connectivity index (χ2v) is 4.45. The van der Waals surface area contributed by atoms with Crippen molar-refractivity contribution in [2.75, 3.05) is 0 Å². The summed E-state index contributed by atoms with van der Waals surface area (Å²) in [4.78, 5) is 21.9. The number of nitrogens with zero attached hydrogens (tertiary/aromatic N) is 1. The molecule has 0 aliphatic rings. The summed E-state index contributed by atoms with van der Waals surface area (Å²) in [7, 11) is 0. The summed E-state index contributed by atoms with van der Waals surface area (Å²) in [5, 5.41) is 17.6. The Morgan fingerprint density at radius 1 is 1.53 bits per heavy atom. The maximum atomic E-state index is 11.5. The summed E-state index contributed by atoms with van der Waals surface area (Å²) in [5.74, 6) is -0.233. The molecule has 1 aromatic heterocycles. The molecule has 0 radical (unpaired) electrons. The number of amides is 2. The van der Waals surface area contributed by atoms with E-state index in [9.17, 15) is 9.59 Å². The molecule has 19 heavy (non-hydrogen) atoms. The molecule has 2 amide bonds. The number of aromatic nitrogens is 1. The third-order valence-electron chi connectivity index (χ3n) is 2.51. The Morgan fingerprint density at radius 2 is 2.26 bits per heavy atom. The van der Waals surface area contributed by atoms with Crippen molar-refractivity contribution in [2.24, 2.45) is 0 Å². The summed E-state index contributed by atoms with van der Waals surface area (Å²) in [5.41, 5.74) is 0.763. The van der Waals surface area contributed by atoms with E-state index in [0.29, 0.717) is 18.6 Å². The minimum absolute atomic E-state index is 0.0733. The van der Waals surface area contributed by atoms with Crippen LogP contribution in [0.15, 0.2) is 10.6 Å². The van der Waals surface area contributed by atoms with E-state index in [4.69, 9.17) is 9.63 Å². The Labute approximate surface area is 111 Å². The number of rotatable bonds is 7. The van der Waals surface area contributed by atoms with Crippen LogP contribution in [0.5, 0.6) is 0 Å². The highest BCUT2D eigenvalue weighted by Crippen LogP contribution is 2.02. The van der Waals surface area contributed by atoms with E-state index >= 15 is 0 Å². The van der Waals surface area contributed by atoms with Crippen LogP contribution >= 0.6 is 0 Å². The Morgan fingerprint density at radius 3 is 2.84 bits per heavy atom. The highest BCUT2D eigenvalue weighted by Gasteiger charge is 2.09. The van der Waals surface area contributed by atoms with E-state index in [1.165, 1.54) is 0 Å². The lowest BCUT2D eigenvalue weighted by Gasteiger charge is -2.13. The Hall–Kier alpha value is -2.05. The largest absolute Gasteiger partial charge is 0.481 e. The number of carbonyl (C=O) groups is 2. The summed E-state index contributed by atoms with van der Waals surface area (Å²) in [6, 6.07) is 1.36. The maximum Gasteiger partial charge on any atom is 0.315 e. The molecular weight excluding hydrogens is 250 g/mol. The summed E-state index contributed by atoms with van der Waals surface area (Å²) < 4.78 is 4.95. The lowest BCUT2D eigenvalue weighted by Crippen LogP contribution is -2.40. The van der Waals surface area contributed by atoms with E-state index in [-0.39, 0.29) is 25.0 Å². The minimum Gasteiger partial charge on any atom is -0.481 e. The number of aliphatic carboxylic acids is 1. The zero-order chi connectivity index (χ0) is 14.3. The first kappa shape index (κ1) is 15.0. The van der Waals surface area contributed by atoms with E-state index < -0.39 is 5.97 Å². The van der Waals surface area contributed by atoms with E-state index in [0.717, 1.165) is 5.69 Å². The Kier molecular flexibility index (Phi) is 5.84. The first-order valence-corrected chi connectivity index (χ1v) is 6.15. The number of carbonyl (C=O) groups excluding carboxylic acids is 1. The predicted molar refractivity (Wildman–Crippen MR) is 67.6 cm³/mol. The van der Waals surface area contributed by atoms with Gasteiger partial charge < -0.3 is 20.3 Å². The molecular formula is C12H19N3O4. The van der Waals surface area contributed by atoms with Gasteiger partial charge in [0.05, 0.1) is 12.2 Å². The van der Waals surface area contributed by atoms with Gasteiger partial charge in [-0.05, 0) is 26.7 Å². The molecule has 7 heteroatoms. The molecule has 0 aliphatic carbocycles. The van der Waals surface area contributed by atoms with Gasteiger partial charge in [-0.1, -0.05) is 5.16 Å². The lowest BCUT2D eigenvalue weighted by molar-refractivity contribution is -0.137. The highest BCUT2D eigenvalue weighted by atomic mass is 16.5. The number of carboxylic acid groups (broad SMARTS) is 1. The van der Waals surface area contributed by atoms with Crippen LogP contribution in [0.4, 0.5) is 4.79 Å². The third kappa shape index (κ3) is 6.44. The van der Waals surface area contributed by atoms with Crippen molar-refractivity contribution >= 4 is 12.0 Å². The summed E-state index contributed by atoms with van der Waals surface area (Å²) in [6.07, 6.45) is 1.28. The molecule has 1 aromatic rings. The normalized spacial score (nSPS) is 11.9. The van der Waals surface area contributed by atoms with Crippen molar-refractivity contribution in [1.29, 1.82) is 0 Å². The molecule has 1 unspecified atom stereocenters. The SMILES string of the molecule is Cc1cc(CNC(=O)NC(C)CCCC(=O)O)on1. The van der Waals surface area contributed by atoms with E-state index in [1.807, 2.05) is 6.92 Å². The van der Waals surface area contributed by atoms with Crippen molar-refractivity contribution in [3.8, 4) is 0 Å². The van der Waals surface area contributed by atoms with E-state index in [1.54, 1.807) is 13.0 Å². The molecule has 0 spiro atoms. The maximum absolute atomic E-state index is 11.5. The second-order valence-electron chi connectivity index (χ2n) is 4.45. The van der Waals surface area contributed by atoms with Gasteiger partial charge >= 0.3 is 12.0 Å². The molecule has 1 atom stereocenters. The van der Waals surface area contributed by atoms with Gasteiger partial charge in [0.1, 0.15) is 0 Å². The first-order chi connectivity index (χ1) is 8.97. The number of nitrogens with one attached hydrogen (secondary N) is 2. The van der Waals surface area contributed by atoms with Gasteiger partial charge in [-0.2, -0.15) is 0 Å². The quantitative estimate of drug-likeness (QED) is 0.694. The fourth-order valence-electron chi connectivity index (χ4n) is 1.57. The molecule has 1 heterocycles. The second kappa shape index (κ2) is 7.40. The van der Waals surface area contributed by atoms with Crippen molar-refractivity contribution in [3.63, 3.8) is 0 Å². The zero-order valence-corrected chi connectivity index (χ0v) is 11.1. The predicted octanol–water partition coefficient (Wildman–Crippen LogP) is 1.43. The summed E-state index contributed by atoms with van der Waals surface area (Å²) in [6.45, 7) is 3.91. The molecule has 7 nitrogen and oxygen atoms in total. The van der Waals surface area contributed by atoms with Gasteiger partial charge in [0.15, 0.2) is 5.76 Å². The van der Waals surface area contributed by atoms with Crippen LogP contribution < -0.4 is 10.6 Å². The molecule has 3 N–H and O–H groups in total. The number of carboxylic acids is 1. The van der Waals surface area contributed by atoms with Crippen LogP contribution in [0.3, 0.4) is 0 Å². The van der Waals surface area contributed by atoms with Gasteiger partial charge in [0.25, 0.3) is 0 Å². The van der Waals surface area contributed by atoms with Gasteiger partial charge in [0.2, 0.25) is 0 Å². The average molecular weight is 269 g/mol. The van der Waals surface area contributed by atoms with Crippen LogP contribution in [0.1, 0.15) is 37.6 Å². The lowest BCUT2D eigenvalue weighted by atomic mass is 10.1. The highest BCUT2D eigenvalue weighted by molar-refractivity contribution is 5.74. The standard InChI is InChI=1S/C12H19N3O4/c1-8(4-3-5-11(16)17)14-12(18)13-7-10-6-9(2)15-19-10/h6,8H,3-5,7H2,1-2H3,(H,16,17)(H2,13,14,18). The molecule has 106 valence electrons. The van der Waals surface area contributed by atoms with Crippen LogP contribution in [0.25, 0.3) is 0 Å². The van der Waals surface area contributed by atoms with Crippen LogP contribution in [-0.4, -0.2) is 28.3 Å². The third-order valence-corrected chi connectivity index (χ3v) is 2.51. The van der Waals surface area contributed by atoms with Crippen molar-refractivity contribution < 1.29 is 19.2 Å². The fourth-order valence-corrected chi connectivity index (χ4v) is 1.57. The van der Waals surface area contributed by atoms with Crippen LogP contribution in [-0.2, 0) is 11.3 Å². The minimum atomic E-state index is -0.822. The molecule has 0 aliphatic heterocycles. The van der Waals surface area contributed by atoms with Crippen molar-refractivity contribution in [2.45, 2.75) is 45.7 Å². The van der Waals surface area contributed by atoms with Crippen LogP contribution in [0, 0.1) is 6.92 Å². The average Bonchev–Trinajstić information content (AvgIpc) is 2.72. The van der Waals surface area contributed by atoms with E-state index in [2.05, 4.69) is 15.8 Å². The molecule has 0 saturated carbocycles. The van der Waals surface area contributed by atoms with Crippen LogP contribution in [0.2, 0.25) is 0 Å². The molecule has 0 fully saturated rings. The fraction of sp³-hybridized carbons (Fsp3) is 0.583. The number of urea groups is 1. The number of hydrogen-bond acceptors (Lipinski definition) is 4. The van der Waals surface area contributed by atoms with Crippen molar-refractivity contribution in [1.82, 2.24) is 15.8 Å². The van der Waals surface area contributed by atoms with Crippen molar-refractivity contribution in [3.05, 3.63) is 17.5 Å². The monoisotopic (exact) mass is 269 g/mol. The Balaban J connectivity index is 2.17.